The first-order chi connectivity index (χ1) is 9.19. The molecule has 104 valence electrons. The Morgan fingerprint density at radius 2 is 2.37 bits per heavy atom. The van der Waals surface area contributed by atoms with E-state index in [2.05, 4.69) is 17.3 Å². The van der Waals surface area contributed by atoms with Crippen LogP contribution in [0.15, 0.2) is 24.3 Å². The monoisotopic (exact) mass is 262 g/mol. The summed E-state index contributed by atoms with van der Waals surface area (Å²) in [4.78, 5) is 13.8. The van der Waals surface area contributed by atoms with Crippen molar-refractivity contribution in [1.29, 1.82) is 0 Å². The third-order valence-corrected chi connectivity index (χ3v) is 3.60. The molecular weight excluding hydrogens is 240 g/mol. The molecule has 1 atom stereocenters. The summed E-state index contributed by atoms with van der Waals surface area (Å²) in [6.45, 7) is 3.30. The lowest BCUT2D eigenvalue weighted by molar-refractivity contribution is 0.0601. The molecule has 1 N–H and O–H groups in total. The van der Waals surface area contributed by atoms with Crippen molar-refractivity contribution in [3.63, 3.8) is 0 Å². The van der Waals surface area contributed by atoms with Crippen molar-refractivity contribution in [2.75, 3.05) is 39.1 Å². The standard InChI is InChI=1S/C15H22N2O2/c1-17-8-4-5-12(11-17)10-16-14-7-3-6-13(9-14)15(18)19-2/h3,6-7,9,12,16H,4-5,8,10-11H2,1-2H3. The second-order valence-corrected chi connectivity index (χ2v) is 5.22. The van der Waals surface area contributed by atoms with E-state index in [9.17, 15) is 4.79 Å². The molecule has 0 spiro atoms. The van der Waals surface area contributed by atoms with Crippen LogP contribution in [0.3, 0.4) is 0 Å². The van der Waals surface area contributed by atoms with Crippen LogP contribution in [0.1, 0.15) is 23.2 Å². The first-order valence-electron chi connectivity index (χ1n) is 6.80. The van der Waals surface area contributed by atoms with Crippen LogP contribution in [0.2, 0.25) is 0 Å². The number of methoxy groups -OCH3 is 1. The fraction of sp³-hybridized carbons (Fsp3) is 0.533. The van der Waals surface area contributed by atoms with Crippen molar-refractivity contribution in [1.82, 2.24) is 4.90 Å². The molecule has 1 aliphatic heterocycles. The predicted molar refractivity (Wildman–Crippen MR) is 76.5 cm³/mol. The second kappa shape index (κ2) is 6.57. The molecular formula is C15H22N2O2. The van der Waals surface area contributed by atoms with Crippen molar-refractivity contribution in [3.8, 4) is 0 Å². The Kier molecular flexibility index (Phi) is 4.80. The maximum Gasteiger partial charge on any atom is 0.337 e. The fourth-order valence-corrected chi connectivity index (χ4v) is 2.58. The number of benzene rings is 1. The maximum absolute atomic E-state index is 11.5. The highest BCUT2D eigenvalue weighted by molar-refractivity contribution is 5.90. The summed E-state index contributed by atoms with van der Waals surface area (Å²) >= 11 is 0. The summed E-state index contributed by atoms with van der Waals surface area (Å²) in [6.07, 6.45) is 2.54. The van der Waals surface area contributed by atoms with Crippen LogP contribution in [0.25, 0.3) is 0 Å². The predicted octanol–water partition coefficient (Wildman–Crippen LogP) is 2.23. The average molecular weight is 262 g/mol. The Morgan fingerprint density at radius 3 is 3.11 bits per heavy atom. The molecule has 1 aromatic carbocycles. The number of likely N-dealkylation sites (tertiary alicyclic amines) is 1. The summed E-state index contributed by atoms with van der Waals surface area (Å²) in [5.74, 6) is 0.390. The lowest BCUT2D eigenvalue weighted by atomic mass is 9.98. The lowest BCUT2D eigenvalue weighted by Crippen LogP contribution is -2.35. The summed E-state index contributed by atoms with van der Waals surface area (Å²) < 4.78 is 4.73. The van der Waals surface area contributed by atoms with E-state index in [-0.39, 0.29) is 5.97 Å². The van der Waals surface area contributed by atoms with E-state index >= 15 is 0 Å². The van der Waals surface area contributed by atoms with Gasteiger partial charge in [0.05, 0.1) is 12.7 Å². The van der Waals surface area contributed by atoms with Crippen LogP contribution in [0.5, 0.6) is 0 Å². The molecule has 0 amide bonds. The molecule has 1 aliphatic rings. The minimum atomic E-state index is -0.291. The van der Waals surface area contributed by atoms with Gasteiger partial charge in [-0.1, -0.05) is 6.07 Å². The smallest absolute Gasteiger partial charge is 0.337 e. The van der Waals surface area contributed by atoms with Gasteiger partial charge in [0.1, 0.15) is 0 Å². The van der Waals surface area contributed by atoms with Crippen LogP contribution in [0.4, 0.5) is 5.69 Å². The summed E-state index contributed by atoms with van der Waals surface area (Å²) in [5.41, 5.74) is 1.57. The molecule has 0 bridgehead atoms. The zero-order chi connectivity index (χ0) is 13.7. The minimum Gasteiger partial charge on any atom is -0.465 e. The van der Waals surface area contributed by atoms with Gasteiger partial charge in [0.15, 0.2) is 0 Å². The number of hydrogen-bond acceptors (Lipinski definition) is 4. The minimum absolute atomic E-state index is 0.291. The molecule has 0 radical (unpaired) electrons. The van der Waals surface area contributed by atoms with E-state index in [1.807, 2.05) is 18.2 Å². The van der Waals surface area contributed by atoms with E-state index in [0.717, 1.165) is 18.8 Å². The van der Waals surface area contributed by atoms with Crippen molar-refractivity contribution in [2.45, 2.75) is 12.8 Å². The van der Waals surface area contributed by atoms with Gasteiger partial charge >= 0.3 is 5.97 Å². The summed E-state index contributed by atoms with van der Waals surface area (Å²) in [5, 5.41) is 3.42. The molecule has 0 aromatic heterocycles. The number of nitrogens with zero attached hydrogens (tertiary/aromatic N) is 1. The zero-order valence-corrected chi connectivity index (χ0v) is 11.7. The second-order valence-electron chi connectivity index (χ2n) is 5.22. The Bertz CT molecular complexity index is 434. The molecule has 0 aliphatic carbocycles. The normalized spacial score (nSPS) is 20.0. The molecule has 4 nitrogen and oxygen atoms in total. The fourth-order valence-electron chi connectivity index (χ4n) is 2.58. The van der Waals surface area contributed by atoms with Crippen LogP contribution in [-0.4, -0.2) is 44.7 Å². The van der Waals surface area contributed by atoms with Gasteiger partial charge in [-0.15, -0.1) is 0 Å². The number of nitrogens with one attached hydrogen (secondary N) is 1. The summed E-state index contributed by atoms with van der Waals surface area (Å²) in [6, 6.07) is 7.48. The first-order valence-corrected chi connectivity index (χ1v) is 6.80. The van der Waals surface area contributed by atoms with E-state index in [1.165, 1.54) is 26.5 Å². The number of carbonyl (C=O) groups excluding carboxylic acids is 1. The molecule has 0 saturated carbocycles. The molecule has 1 saturated heterocycles. The highest BCUT2D eigenvalue weighted by Gasteiger charge is 2.16. The number of hydrogen-bond donors (Lipinski definition) is 1. The highest BCUT2D eigenvalue weighted by atomic mass is 16.5. The number of rotatable bonds is 4. The van der Waals surface area contributed by atoms with Crippen LogP contribution >= 0.6 is 0 Å². The van der Waals surface area contributed by atoms with E-state index in [1.54, 1.807) is 6.07 Å². The lowest BCUT2D eigenvalue weighted by Gasteiger charge is -2.30. The van der Waals surface area contributed by atoms with Crippen LogP contribution in [-0.2, 0) is 4.74 Å². The quantitative estimate of drug-likeness (QED) is 0.845. The SMILES string of the molecule is COC(=O)c1cccc(NCC2CCCN(C)C2)c1. The van der Waals surface area contributed by atoms with Gasteiger partial charge in [-0.25, -0.2) is 4.79 Å². The van der Waals surface area contributed by atoms with Gasteiger partial charge in [-0.3, -0.25) is 0 Å². The van der Waals surface area contributed by atoms with Gasteiger partial charge in [0.2, 0.25) is 0 Å². The van der Waals surface area contributed by atoms with Crippen molar-refractivity contribution in [2.24, 2.45) is 5.92 Å². The molecule has 2 rings (SSSR count). The maximum atomic E-state index is 11.5. The van der Waals surface area contributed by atoms with E-state index < -0.39 is 0 Å². The number of esters is 1. The van der Waals surface area contributed by atoms with Gasteiger partial charge in [-0.2, -0.15) is 0 Å². The molecule has 1 unspecified atom stereocenters. The Balaban J connectivity index is 1.90. The Hall–Kier alpha value is -1.55. The molecule has 19 heavy (non-hydrogen) atoms. The van der Waals surface area contributed by atoms with Crippen molar-refractivity contribution >= 4 is 11.7 Å². The summed E-state index contributed by atoms with van der Waals surface area (Å²) in [7, 11) is 3.57. The highest BCUT2D eigenvalue weighted by Crippen LogP contribution is 2.17. The number of anilines is 1. The molecule has 1 heterocycles. The molecule has 1 fully saturated rings. The van der Waals surface area contributed by atoms with Crippen LogP contribution in [0, 0.1) is 5.92 Å². The van der Waals surface area contributed by atoms with E-state index in [4.69, 9.17) is 4.74 Å². The number of carbonyl (C=O) groups is 1. The third kappa shape index (κ3) is 3.96. The number of piperidine rings is 1. The topological polar surface area (TPSA) is 41.6 Å². The van der Waals surface area contributed by atoms with E-state index in [0.29, 0.717) is 11.5 Å². The van der Waals surface area contributed by atoms with Crippen LogP contribution < -0.4 is 5.32 Å². The Labute approximate surface area is 114 Å². The first kappa shape index (κ1) is 13.9. The third-order valence-electron chi connectivity index (χ3n) is 3.60. The molecule has 1 aromatic rings. The van der Waals surface area contributed by atoms with Gasteiger partial charge < -0.3 is 15.0 Å². The van der Waals surface area contributed by atoms with Crippen molar-refractivity contribution in [3.05, 3.63) is 29.8 Å². The largest absolute Gasteiger partial charge is 0.465 e. The average Bonchev–Trinajstić information content (AvgIpc) is 2.45. The Morgan fingerprint density at radius 1 is 1.53 bits per heavy atom. The van der Waals surface area contributed by atoms with Gasteiger partial charge in [0.25, 0.3) is 0 Å². The number of ether oxygens (including phenoxy) is 1. The van der Waals surface area contributed by atoms with Crippen molar-refractivity contribution < 1.29 is 9.53 Å². The van der Waals surface area contributed by atoms with Gasteiger partial charge in [-0.05, 0) is 50.6 Å². The zero-order valence-electron chi connectivity index (χ0n) is 11.7. The van der Waals surface area contributed by atoms with Gasteiger partial charge in [0, 0.05) is 18.8 Å². The molecule has 4 heteroatoms.